The van der Waals surface area contributed by atoms with Crippen molar-refractivity contribution in [2.24, 2.45) is 5.92 Å². The Balaban J connectivity index is 1.12. The minimum atomic E-state index is -0.332. The van der Waals surface area contributed by atoms with Crippen LogP contribution in [0.25, 0.3) is 0 Å². The quantitative estimate of drug-likeness (QED) is 0.537. The maximum absolute atomic E-state index is 12.9. The van der Waals surface area contributed by atoms with Crippen molar-refractivity contribution >= 4 is 23.2 Å². The highest BCUT2D eigenvalue weighted by Gasteiger charge is 2.37. The molecule has 0 radical (unpaired) electrons. The number of hydrogen-bond donors (Lipinski definition) is 1. The smallest absolute Gasteiger partial charge is 0.229 e. The third-order valence-corrected chi connectivity index (χ3v) is 7.40. The van der Waals surface area contributed by atoms with Crippen LogP contribution in [0, 0.1) is 5.92 Å². The lowest BCUT2D eigenvalue weighted by atomic mass is 10.1. The lowest BCUT2D eigenvalue weighted by Gasteiger charge is -2.36. The van der Waals surface area contributed by atoms with Crippen molar-refractivity contribution in [3.8, 4) is 0 Å². The summed E-state index contributed by atoms with van der Waals surface area (Å²) >= 11 is 0. The summed E-state index contributed by atoms with van der Waals surface area (Å²) in [4.78, 5) is 32.3. The lowest BCUT2D eigenvalue weighted by molar-refractivity contribution is -0.129. The van der Waals surface area contributed by atoms with Crippen molar-refractivity contribution in [2.45, 2.75) is 25.9 Å². The Hall–Kier alpha value is -3.64. The van der Waals surface area contributed by atoms with E-state index >= 15 is 0 Å². The number of likely N-dealkylation sites (tertiary alicyclic amines) is 1. The molecule has 2 fully saturated rings. The Labute approximate surface area is 213 Å². The summed E-state index contributed by atoms with van der Waals surface area (Å²) in [5, 5.41) is 3.02. The zero-order valence-electron chi connectivity index (χ0n) is 20.8. The first-order valence-electron chi connectivity index (χ1n) is 12.8. The first-order chi connectivity index (χ1) is 17.6. The van der Waals surface area contributed by atoms with E-state index in [0.717, 1.165) is 44.0 Å². The molecule has 1 N–H and O–H groups in total. The zero-order chi connectivity index (χ0) is 24.9. The molecule has 2 saturated heterocycles. The second-order valence-electron chi connectivity index (χ2n) is 9.82. The number of carbonyl (C=O) groups is 2. The molecule has 0 saturated carbocycles. The number of anilines is 2. The van der Waals surface area contributed by atoms with E-state index < -0.39 is 0 Å². The van der Waals surface area contributed by atoms with Crippen LogP contribution in [0.4, 0.5) is 11.4 Å². The van der Waals surface area contributed by atoms with Gasteiger partial charge >= 0.3 is 0 Å². The predicted octanol–water partition coefficient (Wildman–Crippen LogP) is 4.56. The van der Waals surface area contributed by atoms with Crippen LogP contribution in [0.5, 0.6) is 0 Å². The van der Waals surface area contributed by atoms with Crippen LogP contribution in [-0.2, 0) is 16.1 Å². The van der Waals surface area contributed by atoms with Gasteiger partial charge in [-0.15, -0.1) is 0 Å². The molecule has 2 amide bonds. The monoisotopic (exact) mass is 482 g/mol. The maximum atomic E-state index is 12.9. The summed E-state index contributed by atoms with van der Waals surface area (Å²) in [7, 11) is 0. The number of benzene rings is 3. The van der Waals surface area contributed by atoms with Crippen molar-refractivity contribution in [2.75, 3.05) is 42.9 Å². The van der Waals surface area contributed by atoms with E-state index in [1.807, 2.05) is 54.3 Å². The Morgan fingerprint density at radius 2 is 1.53 bits per heavy atom. The van der Waals surface area contributed by atoms with Gasteiger partial charge in [-0.05, 0) is 42.3 Å². The Morgan fingerprint density at radius 1 is 0.889 bits per heavy atom. The molecule has 5 rings (SSSR count). The van der Waals surface area contributed by atoms with Gasteiger partial charge in [0.25, 0.3) is 0 Å². The Morgan fingerprint density at radius 3 is 2.19 bits per heavy atom. The summed E-state index contributed by atoms with van der Waals surface area (Å²) < 4.78 is 0. The largest absolute Gasteiger partial charge is 0.369 e. The molecule has 3 aromatic carbocycles. The van der Waals surface area contributed by atoms with Gasteiger partial charge in [0, 0.05) is 57.1 Å². The van der Waals surface area contributed by atoms with Crippen LogP contribution in [0.1, 0.15) is 30.5 Å². The standard InChI is InChI=1S/C30H34N4O2/c1-23(25-10-6-3-7-11-25)34-22-26(20-29(34)35)30(36)31-27-12-14-28(15-13-27)33-18-16-32(17-19-33)21-24-8-4-2-5-9-24/h2-15,23,26H,16-22H2,1H3,(H,31,36)/t23-,26+/m1/s1. The summed E-state index contributed by atoms with van der Waals surface area (Å²) in [5.74, 6) is -0.386. The van der Waals surface area contributed by atoms with Crippen molar-refractivity contribution in [3.05, 3.63) is 96.1 Å². The van der Waals surface area contributed by atoms with E-state index in [-0.39, 0.29) is 30.2 Å². The third kappa shape index (κ3) is 5.60. The van der Waals surface area contributed by atoms with Gasteiger partial charge in [0.05, 0.1) is 12.0 Å². The fraction of sp³-hybridized carbons (Fsp3) is 0.333. The number of carbonyl (C=O) groups excluding carboxylic acids is 2. The van der Waals surface area contributed by atoms with Gasteiger partial charge in [-0.1, -0.05) is 60.7 Å². The van der Waals surface area contributed by atoms with E-state index in [0.29, 0.717) is 6.54 Å². The average molecular weight is 483 g/mol. The molecule has 2 aliphatic heterocycles. The van der Waals surface area contributed by atoms with Crippen LogP contribution in [0.3, 0.4) is 0 Å². The highest BCUT2D eigenvalue weighted by molar-refractivity contribution is 5.97. The van der Waals surface area contributed by atoms with E-state index in [1.165, 1.54) is 11.3 Å². The van der Waals surface area contributed by atoms with E-state index in [9.17, 15) is 9.59 Å². The van der Waals surface area contributed by atoms with Crippen LogP contribution >= 0.6 is 0 Å². The van der Waals surface area contributed by atoms with Crippen LogP contribution < -0.4 is 10.2 Å². The molecule has 0 spiro atoms. The molecular weight excluding hydrogens is 448 g/mol. The molecule has 36 heavy (non-hydrogen) atoms. The first-order valence-corrected chi connectivity index (χ1v) is 12.8. The number of hydrogen-bond acceptors (Lipinski definition) is 4. The molecule has 0 aliphatic carbocycles. The van der Waals surface area contributed by atoms with Gasteiger partial charge in [0.15, 0.2) is 0 Å². The molecule has 6 nitrogen and oxygen atoms in total. The number of amides is 2. The Kier molecular flexibility index (Phi) is 7.33. The van der Waals surface area contributed by atoms with Crippen LogP contribution in [-0.4, -0.2) is 54.3 Å². The zero-order valence-corrected chi connectivity index (χ0v) is 20.8. The van der Waals surface area contributed by atoms with Gasteiger partial charge in [0.2, 0.25) is 11.8 Å². The summed E-state index contributed by atoms with van der Waals surface area (Å²) in [6.07, 6.45) is 0.258. The van der Waals surface area contributed by atoms with Crippen LogP contribution in [0.15, 0.2) is 84.9 Å². The van der Waals surface area contributed by atoms with E-state index in [4.69, 9.17) is 0 Å². The van der Waals surface area contributed by atoms with Gasteiger partial charge in [-0.3, -0.25) is 14.5 Å². The number of rotatable bonds is 7. The summed E-state index contributed by atoms with van der Waals surface area (Å²) in [6, 6.07) is 28.6. The third-order valence-electron chi connectivity index (χ3n) is 7.40. The van der Waals surface area contributed by atoms with E-state index in [1.54, 1.807) is 0 Å². The summed E-state index contributed by atoms with van der Waals surface area (Å²) in [6.45, 7) is 7.49. The number of nitrogens with one attached hydrogen (secondary N) is 1. The highest BCUT2D eigenvalue weighted by atomic mass is 16.2. The molecule has 2 atom stereocenters. The second-order valence-corrected chi connectivity index (χ2v) is 9.82. The number of piperazine rings is 1. The van der Waals surface area contributed by atoms with Gasteiger partial charge in [-0.2, -0.15) is 0 Å². The molecule has 2 aliphatic rings. The SMILES string of the molecule is C[C@H](c1ccccc1)N1C[C@@H](C(=O)Nc2ccc(N3CCN(Cc4ccccc4)CC3)cc2)CC1=O. The van der Waals surface area contributed by atoms with Gasteiger partial charge in [-0.25, -0.2) is 0 Å². The normalized spacial score (nSPS) is 19.4. The molecule has 3 aromatic rings. The molecule has 0 aromatic heterocycles. The molecule has 6 heteroatoms. The van der Waals surface area contributed by atoms with Gasteiger partial charge in [0.1, 0.15) is 0 Å². The van der Waals surface area contributed by atoms with Gasteiger partial charge < -0.3 is 15.1 Å². The minimum absolute atomic E-state index is 0.0354. The maximum Gasteiger partial charge on any atom is 0.229 e. The predicted molar refractivity (Wildman–Crippen MR) is 144 cm³/mol. The average Bonchev–Trinajstić information content (AvgIpc) is 3.32. The summed E-state index contributed by atoms with van der Waals surface area (Å²) in [5.41, 5.74) is 4.38. The minimum Gasteiger partial charge on any atom is -0.369 e. The van der Waals surface area contributed by atoms with Crippen LogP contribution in [0.2, 0.25) is 0 Å². The second kappa shape index (κ2) is 11.0. The molecule has 186 valence electrons. The lowest BCUT2D eigenvalue weighted by Crippen LogP contribution is -2.45. The van der Waals surface area contributed by atoms with Crippen molar-refractivity contribution in [1.82, 2.24) is 9.80 Å². The molecular formula is C30H34N4O2. The number of nitrogens with zero attached hydrogens (tertiary/aromatic N) is 3. The molecule has 2 heterocycles. The topological polar surface area (TPSA) is 55.9 Å². The van der Waals surface area contributed by atoms with Crippen molar-refractivity contribution in [3.63, 3.8) is 0 Å². The van der Waals surface area contributed by atoms with Crippen molar-refractivity contribution in [1.29, 1.82) is 0 Å². The highest BCUT2D eigenvalue weighted by Crippen LogP contribution is 2.29. The molecule has 0 bridgehead atoms. The fourth-order valence-electron chi connectivity index (χ4n) is 5.20. The van der Waals surface area contributed by atoms with Crippen molar-refractivity contribution < 1.29 is 9.59 Å². The fourth-order valence-corrected chi connectivity index (χ4v) is 5.20. The first kappa shape index (κ1) is 24.1. The van der Waals surface area contributed by atoms with E-state index in [2.05, 4.69) is 57.6 Å². The Bertz CT molecular complexity index is 1160. The molecule has 0 unspecified atom stereocenters.